The van der Waals surface area contributed by atoms with Crippen LogP contribution in [0.5, 0.6) is 0 Å². The lowest BCUT2D eigenvalue weighted by Crippen LogP contribution is -2.46. The van der Waals surface area contributed by atoms with Crippen molar-refractivity contribution in [3.05, 3.63) is 40.4 Å². The molecule has 0 spiro atoms. The summed E-state index contributed by atoms with van der Waals surface area (Å²) in [6, 6.07) is 6.99. The smallest absolute Gasteiger partial charge is 0.309 e. The monoisotopic (exact) mass is 428 g/mol. The van der Waals surface area contributed by atoms with Gasteiger partial charge in [-0.15, -0.1) is 0 Å². The Bertz CT molecular complexity index is 1040. The number of benzene rings is 1. The third-order valence-electron chi connectivity index (χ3n) is 5.61. The van der Waals surface area contributed by atoms with Gasteiger partial charge < -0.3 is 14.5 Å². The molecule has 9 heteroatoms. The molecule has 3 rings (SSSR count). The summed E-state index contributed by atoms with van der Waals surface area (Å²) in [5.74, 6) is -0.487. The Hall–Kier alpha value is -3.23. The van der Waals surface area contributed by atoms with Crippen LogP contribution in [0.25, 0.3) is 10.9 Å². The number of hydrogen-bond acceptors (Lipinski definition) is 6. The number of esters is 1. The molecule has 1 aromatic carbocycles. The van der Waals surface area contributed by atoms with Gasteiger partial charge >= 0.3 is 5.97 Å². The van der Waals surface area contributed by atoms with Crippen molar-refractivity contribution in [1.82, 2.24) is 19.4 Å². The van der Waals surface area contributed by atoms with E-state index in [1.54, 1.807) is 50.1 Å². The molecule has 0 saturated carbocycles. The quantitative estimate of drug-likeness (QED) is 0.636. The number of carbonyl (C=O) groups excluding carboxylic acids is 3. The molecule has 0 atom stereocenters. The number of fused-ring (bicyclic) bond motifs is 1. The zero-order valence-electron chi connectivity index (χ0n) is 18.2. The number of para-hydroxylation sites is 1. The van der Waals surface area contributed by atoms with E-state index in [-0.39, 0.29) is 42.4 Å². The van der Waals surface area contributed by atoms with Crippen LogP contribution in [-0.4, -0.2) is 70.4 Å². The Morgan fingerprint density at radius 1 is 1.19 bits per heavy atom. The lowest BCUT2D eigenvalue weighted by atomic mass is 9.97. The number of piperidine rings is 1. The van der Waals surface area contributed by atoms with Crippen LogP contribution in [0.3, 0.4) is 0 Å². The molecule has 2 aromatic rings. The molecular weight excluding hydrogens is 400 g/mol. The summed E-state index contributed by atoms with van der Waals surface area (Å²) in [7, 11) is 1.54. The van der Waals surface area contributed by atoms with Gasteiger partial charge in [0.1, 0.15) is 12.4 Å². The number of aromatic nitrogens is 2. The molecular formula is C22H28N4O5. The van der Waals surface area contributed by atoms with Gasteiger partial charge in [-0.3, -0.25) is 23.7 Å². The maximum absolute atomic E-state index is 12.7. The Balaban J connectivity index is 1.59. The number of likely N-dealkylation sites (tertiary alicyclic amines) is 1. The van der Waals surface area contributed by atoms with E-state index in [4.69, 9.17) is 4.74 Å². The normalized spacial score (nSPS) is 14.5. The lowest BCUT2D eigenvalue weighted by molar-refractivity contribution is -0.151. The molecule has 2 heterocycles. The van der Waals surface area contributed by atoms with Gasteiger partial charge in [0.05, 0.1) is 30.0 Å². The number of rotatable bonds is 6. The van der Waals surface area contributed by atoms with E-state index < -0.39 is 0 Å². The molecule has 1 aliphatic rings. The van der Waals surface area contributed by atoms with Gasteiger partial charge in [-0.05, 0) is 38.8 Å². The van der Waals surface area contributed by atoms with Crippen molar-refractivity contribution in [2.24, 2.45) is 5.92 Å². The first kappa shape index (κ1) is 22.5. The summed E-state index contributed by atoms with van der Waals surface area (Å²) in [4.78, 5) is 57.3. The van der Waals surface area contributed by atoms with Crippen LogP contribution < -0.4 is 5.56 Å². The molecule has 0 bridgehead atoms. The SMILES string of the molecule is CCOC(=O)C1CCN(C(=O)CN(C)C(=O)Cn2c(C)nc3ccccc3c2=O)CC1. The van der Waals surface area contributed by atoms with Gasteiger partial charge in [0.25, 0.3) is 5.56 Å². The average molecular weight is 428 g/mol. The number of likely N-dealkylation sites (N-methyl/N-ethyl adjacent to an activating group) is 1. The first-order valence-electron chi connectivity index (χ1n) is 10.5. The maximum Gasteiger partial charge on any atom is 0.309 e. The summed E-state index contributed by atoms with van der Waals surface area (Å²) in [6.07, 6.45) is 1.11. The summed E-state index contributed by atoms with van der Waals surface area (Å²) in [5, 5.41) is 0.448. The zero-order chi connectivity index (χ0) is 22.5. The van der Waals surface area contributed by atoms with Gasteiger partial charge in [0.15, 0.2) is 0 Å². The summed E-state index contributed by atoms with van der Waals surface area (Å²) in [5.41, 5.74) is 0.306. The largest absolute Gasteiger partial charge is 0.466 e. The van der Waals surface area contributed by atoms with Crippen molar-refractivity contribution in [2.75, 3.05) is 33.3 Å². The van der Waals surface area contributed by atoms with Crippen LogP contribution in [-0.2, 0) is 25.7 Å². The van der Waals surface area contributed by atoms with Gasteiger partial charge in [-0.1, -0.05) is 12.1 Å². The molecule has 0 unspecified atom stereocenters. The number of aryl methyl sites for hydroxylation is 1. The Morgan fingerprint density at radius 3 is 2.55 bits per heavy atom. The van der Waals surface area contributed by atoms with Gasteiger partial charge in [-0.25, -0.2) is 4.98 Å². The fourth-order valence-corrected chi connectivity index (χ4v) is 3.74. The first-order valence-corrected chi connectivity index (χ1v) is 10.5. The van der Waals surface area contributed by atoms with E-state index in [1.165, 1.54) is 9.47 Å². The van der Waals surface area contributed by atoms with Crippen LogP contribution in [0.15, 0.2) is 29.1 Å². The van der Waals surface area contributed by atoms with Crippen molar-refractivity contribution < 1.29 is 19.1 Å². The van der Waals surface area contributed by atoms with E-state index in [0.717, 1.165) is 0 Å². The Morgan fingerprint density at radius 2 is 1.87 bits per heavy atom. The molecule has 0 radical (unpaired) electrons. The molecule has 1 saturated heterocycles. The molecule has 9 nitrogen and oxygen atoms in total. The molecule has 0 aliphatic carbocycles. The third kappa shape index (κ3) is 5.10. The maximum atomic E-state index is 12.7. The van der Waals surface area contributed by atoms with Crippen LogP contribution in [0.1, 0.15) is 25.6 Å². The minimum Gasteiger partial charge on any atom is -0.466 e. The second-order valence-corrected chi connectivity index (χ2v) is 7.72. The van der Waals surface area contributed by atoms with Crippen LogP contribution in [0.2, 0.25) is 0 Å². The van der Waals surface area contributed by atoms with Crippen molar-refractivity contribution in [1.29, 1.82) is 0 Å². The molecule has 31 heavy (non-hydrogen) atoms. The summed E-state index contributed by atoms with van der Waals surface area (Å²) >= 11 is 0. The van der Waals surface area contributed by atoms with E-state index >= 15 is 0 Å². The van der Waals surface area contributed by atoms with Crippen molar-refractivity contribution in [3.8, 4) is 0 Å². The van der Waals surface area contributed by atoms with Crippen LogP contribution in [0.4, 0.5) is 0 Å². The van der Waals surface area contributed by atoms with Crippen molar-refractivity contribution >= 4 is 28.7 Å². The first-order chi connectivity index (χ1) is 14.8. The fraction of sp³-hybridized carbons (Fsp3) is 0.500. The zero-order valence-corrected chi connectivity index (χ0v) is 18.2. The Labute approximate surface area is 180 Å². The predicted octanol–water partition coefficient (Wildman–Crippen LogP) is 0.965. The molecule has 1 aromatic heterocycles. The van der Waals surface area contributed by atoms with Gasteiger partial charge in [-0.2, -0.15) is 0 Å². The van der Waals surface area contributed by atoms with Gasteiger partial charge in [0, 0.05) is 20.1 Å². The lowest BCUT2D eigenvalue weighted by Gasteiger charge is -2.32. The van der Waals surface area contributed by atoms with Crippen molar-refractivity contribution in [2.45, 2.75) is 33.2 Å². The van der Waals surface area contributed by atoms with E-state index in [2.05, 4.69) is 4.98 Å². The number of ether oxygens (including phenoxy) is 1. The minimum atomic E-state index is -0.350. The molecule has 166 valence electrons. The van der Waals surface area contributed by atoms with E-state index in [9.17, 15) is 19.2 Å². The van der Waals surface area contributed by atoms with Crippen LogP contribution in [0, 0.1) is 12.8 Å². The number of nitrogens with zero attached hydrogens (tertiary/aromatic N) is 4. The summed E-state index contributed by atoms with van der Waals surface area (Å²) in [6.45, 7) is 4.44. The molecule has 1 aliphatic heterocycles. The number of amides is 2. The second kappa shape index (κ2) is 9.72. The standard InChI is InChI=1S/C22H28N4O5/c1-4-31-22(30)16-9-11-25(12-10-16)20(28)13-24(3)19(27)14-26-15(2)23-18-8-6-5-7-17(18)21(26)29/h5-8,16H,4,9-14H2,1-3H3. The Kier molecular flexibility index (Phi) is 7.04. The second-order valence-electron chi connectivity index (χ2n) is 7.72. The average Bonchev–Trinajstić information content (AvgIpc) is 2.76. The third-order valence-corrected chi connectivity index (χ3v) is 5.61. The van der Waals surface area contributed by atoms with Gasteiger partial charge in [0.2, 0.25) is 11.8 Å². The molecule has 2 amide bonds. The highest BCUT2D eigenvalue weighted by Crippen LogP contribution is 2.19. The highest BCUT2D eigenvalue weighted by molar-refractivity contribution is 5.85. The summed E-state index contributed by atoms with van der Waals surface area (Å²) < 4.78 is 6.38. The molecule has 0 N–H and O–H groups in total. The predicted molar refractivity (Wildman–Crippen MR) is 114 cm³/mol. The molecule has 1 fully saturated rings. The highest BCUT2D eigenvalue weighted by atomic mass is 16.5. The topological polar surface area (TPSA) is 102 Å². The fourth-order valence-electron chi connectivity index (χ4n) is 3.74. The van der Waals surface area contributed by atoms with Crippen LogP contribution >= 0.6 is 0 Å². The minimum absolute atomic E-state index is 0.0856. The van der Waals surface area contributed by atoms with E-state index in [0.29, 0.717) is 49.3 Å². The highest BCUT2D eigenvalue weighted by Gasteiger charge is 2.29. The number of carbonyl (C=O) groups is 3. The van der Waals surface area contributed by atoms with Crippen molar-refractivity contribution in [3.63, 3.8) is 0 Å². The number of hydrogen-bond donors (Lipinski definition) is 0. The van der Waals surface area contributed by atoms with E-state index in [1.807, 2.05) is 0 Å².